The molecule has 3 aliphatic carbocycles. The van der Waals surface area contributed by atoms with Crippen molar-refractivity contribution in [2.24, 2.45) is 29.1 Å². The number of aliphatic hydroxyl groups excluding tert-OH is 2. The van der Waals surface area contributed by atoms with Crippen molar-refractivity contribution in [2.45, 2.75) is 71.4 Å². The van der Waals surface area contributed by atoms with E-state index in [9.17, 15) is 24.9 Å². The molecule has 3 saturated carbocycles. The normalized spacial score (nSPS) is 29.5. The van der Waals surface area contributed by atoms with Crippen LogP contribution in [-0.2, 0) is 16.2 Å². The predicted molar refractivity (Wildman–Crippen MR) is 167 cm³/mol. The van der Waals surface area contributed by atoms with Gasteiger partial charge in [-0.2, -0.15) is 5.06 Å². The summed E-state index contributed by atoms with van der Waals surface area (Å²) in [6.07, 6.45) is 0.133. The highest BCUT2D eigenvalue weighted by molar-refractivity contribution is 5.92. The fourth-order valence-corrected chi connectivity index (χ4v) is 8.00. The largest absolute Gasteiger partial charge is 0.496 e. The summed E-state index contributed by atoms with van der Waals surface area (Å²) in [5.41, 5.74) is 2.01. The zero-order valence-corrected chi connectivity index (χ0v) is 27.1. The van der Waals surface area contributed by atoms with Crippen LogP contribution in [0.5, 0.6) is 5.75 Å². The van der Waals surface area contributed by atoms with Crippen LogP contribution in [0.25, 0.3) is 11.1 Å². The molecule has 10 nitrogen and oxygen atoms in total. The van der Waals surface area contributed by atoms with E-state index >= 15 is 4.39 Å². The molecule has 1 saturated heterocycles. The number of fused-ring (bicyclic) bond motifs is 2. The van der Waals surface area contributed by atoms with Crippen LogP contribution in [0.3, 0.4) is 0 Å². The second-order valence-electron chi connectivity index (χ2n) is 13.8. The number of rotatable bonds is 10. The van der Waals surface area contributed by atoms with Gasteiger partial charge in [-0.05, 0) is 78.8 Å². The Morgan fingerprint density at radius 3 is 2.49 bits per heavy atom. The number of carboxylic acid groups (broad SMARTS) is 1. The van der Waals surface area contributed by atoms with E-state index in [1.807, 2.05) is 0 Å². The number of benzene rings is 2. The molecule has 0 radical (unpaired) electrons. The monoisotopic (exact) mass is 627 g/mol. The van der Waals surface area contributed by atoms with Crippen LogP contribution in [0.15, 0.2) is 30.3 Å². The Bertz CT molecular complexity index is 1450. The van der Waals surface area contributed by atoms with E-state index in [0.717, 1.165) is 12.8 Å². The van der Waals surface area contributed by atoms with Gasteiger partial charge in [-0.25, -0.2) is 9.18 Å². The first-order valence-electron chi connectivity index (χ1n) is 15.6. The Morgan fingerprint density at radius 1 is 1.22 bits per heavy atom. The number of nitrogens with zero attached hydrogens (tertiary/aromatic N) is 2. The molecule has 2 bridgehead atoms. The summed E-state index contributed by atoms with van der Waals surface area (Å²) in [6, 6.07) is 6.59. The molecule has 8 atom stereocenters. The lowest BCUT2D eigenvalue weighted by atomic mass is 9.45. The van der Waals surface area contributed by atoms with Gasteiger partial charge in [0.2, 0.25) is 5.91 Å². The highest BCUT2D eigenvalue weighted by Crippen LogP contribution is 2.61. The molecule has 2 aromatic rings. The Morgan fingerprint density at radius 2 is 1.93 bits per heavy atom. The number of nitrogens with one attached hydrogen (secondary N) is 1. The lowest BCUT2D eigenvalue weighted by Crippen LogP contribution is -2.62. The second-order valence-corrected chi connectivity index (χ2v) is 13.8. The summed E-state index contributed by atoms with van der Waals surface area (Å²) >= 11 is 0. The van der Waals surface area contributed by atoms with E-state index < -0.39 is 42.6 Å². The molecule has 0 unspecified atom stereocenters. The molecule has 11 heteroatoms. The van der Waals surface area contributed by atoms with Crippen molar-refractivity contribution in [1.82, 2.24) is 10.4 Å². The maximum Gasteiger partial charge on any atom is 0.335 e. The van der Waals surface area contributed by atoms with Gasteiger partial charge in [0.1, 0.15) is 23.7 Å². The van der Waals surface area contributed by atoms with Crippen molar-refractivity contribution >= 4 is 17.6 Å². The molecule has 1 aliphatic heterocycles. The van der Waals surface area contributed by atoms with E-state index in [1.54, 1.807) is 38.1 Å². The van der Waals surface area contributed by atoms with Crippen LogP contribution in [-0.4, -0.2) is 84.4 Å². The van der Waals surface area contributed by atoms with Gasteiger partial charge in [-0.3, -0.25) is 9.63 Å². The number of halogens is 1. The van der Waals surface area contributed by atoms with Gasteiger partial charge < -0.3 is 30.3 Å². The summed E-state index contributed by atoms with van der Waals surface area (Å²) in [7, 11) is 4.99. The Kier molecular flexibility index (Phi) is 9.21. The van der Waals surface area contributed by atoms with E-state index in [0.29, 0.717) is 28.7 Å². The van der Waals surface area contributed by atoms with Crippen LogP contribution >= 0.6 is 0 Å². The van der Waals surface area contributed by atoms with E-state index in [2.05, 4.69) is 26.1 Å². The van der Waals surface area contributed by atoms with E-state index in [4.69, 9.17) is 9.57 Å². The van der Waals surface area contributed by atoms with Crippen molar-refractivity contribution in [1.29, 1.82) is 0 Å². The number of aromatic carboxylic acids is 1. The van der Waals surface area contributed by atoms with Crippen LogP contribution in [0.4, 0.5) is 10.1 Å². The van der Waals surface area contributed by atoms with Crippen molar-refractivity contribution in [3.63, 3.8) is 0 Å². The Balaban J connectivity index is 1.49. The van der Waals surface area contributed by atoms with Crippen LogP contribution < -0.4 is 15.0 Å². The van der Waals surface area contributed by atoms with Crippen molar-refractivity contribution in [3.8, 4) is 16.9 Å². The zero-order chi connectivity index (χ0) is 33.0. The molecule has 6 rings (SSSR count). The molecule has 246 valence electrons. The van der Waals surface area contributed by atoms with Gasteiger partial charge in [0.05, 0.1) is 31.9 Å². The SMILES string of the molecule is COc1c(-c2cc(C(=O)O)cc(N(C)C)c2)ccc(F)c1CN1O[C@@H](CO)[C@@H]([C@H](C)O)[C@H]1C(=O)N[C@H]1C[C@@H]2C[C@H]([C@@H]1C)C2(C)C. The third-order valence-corrected chi connectivity index (χ3v) is 10.8. The number of ether oxygens (including phenoxy) is 1. The number of hydrogen-bond donors (Lipinski definition) is 4. The minimum Gasteiger partial charge on any atom is -0.496 e. The van der Waals surface area contributed by atoms with Crippen molar-refractivity contribution in [2.75, 3.05) is 32.7 Å². The molecule has 0 aromatic heterocycles. The highest BCUT2D eigenvalue weighted by atomic mass is 19.1. The lowest BCUT2D eigenvalue weighted by molar-refractivity contribution is -0.183. The first-order chi connectivity index (χ1) is 21.2. The number of hydroxylamine groups is 2. The zero-order valence-electron chi connectivity index (χ0n) is 27.1. The second kappa shape index (κ2) is 12.5. The third-order valence-electron chi connectivity index (χ3n) is 10.8. The smallest absolute Gasteiger partial charge is 0.335 e. The lowest BCUT2D eigenvalue weighted by Gasteiger charge is -2.62. The predicted octanol–water partition coefficient (Wildman–Crippen LogP) is 3.93. The van der Waals surface area contributed by atoms with Crippen LogP contribution in [0, 0.1) is 34.9 Å². The summed E-state index contributed by atoms with van der Waals surface area (Å²) in [5, 5.41) is 35.3. The quantitative estimate of drug-likeness (QED) is 0.310. The van der Waals surface area contributed by atoms with Crippen molar-refractivity contribution in [3.05, 3.63) is 47.3 Å². The highest BCUT2D eigenvalue weighted by Gasteiger charge is 2.57. The van der Waals surface area contributed by atoms with Gasteiger partial charge >= 0.3 is 5.97 Å². The number of carbonyl (C=O) groups excluding carboxylic acids is 1. The number of methoxy groups -OCH3 is 1. The maximum atomic E-state index is 15.6. The minimum atomic E-state index is -1.10. The number of anilines is 1. The van der Waals surface area contributed by atoms with Crippen molar-refractivity contribution < 1.29 is 38.9 Å². The fraction of sp³-hybridized carbons (Fsp3) is 0.588. The first-order valence-corrected chi connectivity index (χ1v) is 15.6. The summed E-state index contributed by atoms with van der Waals surface area (Å²) in [5.74, 6) is -1.37. The van der Waals surface area contributed by atoms with Gasteiger partial charge in [0, 0.05) is 42.9 Å². The average molecular weight is 628 g/mol. The van der Waals surface area contributed by atoms with Crippen LogP contribution in [0.2, 0.25) is 0 Å². The van der Waals surface area contributed by atoms with E-state index in [1.165, 1.54) is 30.4 Å². The van der Waals surface area contributed by atoms with Gasteiger partial charge in [0.15, 0.2) is 0 Å². The first kappa shape index (κ1) is 33.1. The number of carbonyl (C=O) groups is 2. The molecule has 1 amide bonds. The van der Waals surface area contributed by atoms with Gasteiger partial charge in [-0.15, -0.1) is 0 Å². The molecule has 0 spiro atoms. The third kappa shape index (κ3) is 5.91. The molecule has 4 aliphatic rings. The number of amides is 1. The number of aliphatic hydroxyl groups is 2. The molecule has 2 aromatic carbocycles. The molecule has 1 heterocycles. The topological polar surface area (TPSA) is 132 Å². The maximum absolute atomic E-state index is 15.6. The Hall–Kier alpha value is -3.25. The average Bonchev–Trinajstić information content (AvgIpc) is 3.37. The standard InChI is InChI=1S/C34H46FN3O7/c1-17-25-13-21(34(25,3)4)14-27(17)36-32(41)30-29(18(2)40)28(16-39)45-38(30)15-24-26(35)9-8-23(31(24)44-7)19-10-20(33(42)43)12-22(11-19)37(5)6/h8-12,17-18,21,25,27-30,39-40H,13-16H2,1-7H3,(H,36,41)(H,42,43)/t17-,18-,21-,25+,27-,28-,29+,30-/m0/s1. The molecular formula is C34H46FN3O7. The molecule has 45 heavy (non-hydrogen) atoms. The molecular weight excluding hydrogens is 581 g/mol. The Labute approximate surface area is 264 Å². The summed E-state index contributed by atoms with van der Waals surface area (Å²) < 4.78 is 21.4. The van der Waals surface area contributed by atoms with Gasteiger partial charge in [0.25, 0.3) is 0 Å². The fourth-order valence-electron chi connectivity index (χ4n) is 8.00. The van der Waals surface area contributed by atoms with E-state index in [-0.39, 0.29) is 46.7 Å². The van der Waals surface area contributed by atoms with Crippen LogP contribution in [0.1, 0.15) is 56.5 Å². The summed E-state index contributed by atoms with van der Waals surface area (Å²) in [6.45, 7) is 7.64. The molecule has 4 N–H and O–H groups in total. The number of carboxylic acids is 1. The minimum absolute atomic E-state index is 0.0408. The number of hydrogen-bond acceptors (Lipinski definition) is 8. The van der Waals surface area contributed by atoms with Gasteiger partial charge in [-0.1, -0.05) is 20.8 Å². The molecule has 4 fully saturated rings. The summed E-state index contributed by atoms with van der Waals surface area (Å²) in [4.78, 5) is 33.8.